The molecule has 3 nitrogen and oxygen atoms in total. The SMILES string of the molecule is CC(C)c1c(CCO)c(Cl)cc2c1OCCO2. The molecule has 0 bridgehead atoms. The summed E-state index contributed by atoms with van der Waals surface area (Å²) >= 11 is 6.24. The van der Waals surface area contributed by atoms with Crippen LogP contribution in [0.4, 0.5) is 0 Å². The molecule has 0 radical (unpaired) electrons. The molecule has 1 aliphatic heterocycles. The van der Waals surface area contributed by atoms with Gasteiger partial charge in [-0.3, -0.25) is 0 Å². The smallest absolute Gasteiger partial charge is 0.165 e. The van der Waals surface area contributed by atoms with Crippen LogP contribution >= 0.6 is 11.6 Å². The predicted octanol–water partition coefficient (Wildman–Crippen LogP) is 2.77. The highest BCUT2D eigenvalue weighted by molar-refractivity contribution is 6.31. The van der Waals surface area contributed by atoms with Crippen molar-refractivity contribution in [2.45, 2.75) is 26.2 Å². The van der Waals surface area contributed by atoms with Crippen LogP contribution in [0.25, 0.3) is 0 Å². The highest BCUT2D eigenvalue weighted by Crippen LogP contribution is 2.43. The third-order valence-electron chi connectivity index (χ3n) is 2.87. The lowest BCUT2D eigenvalue weighted by Gasteiger charge is -2.25. The summed E-state index contributed by atoms with van der Waals surface area (Å²) in [6.07, 6.45) is 0.545. The summed E-state index contributed by atoms with van der Waals surface area (Å²) in [6, 6.07) is 1.78. The van der Waals surface area contributed by atoms with E-state index in [0.717, 1.165) is 16.9 Å². The molecule has 17 heavy (non-hydrogen) atoms. The van der Waals surface area contributed by atoms with Crippen LogP contribution in [-0.4, -0.2) is 24.9 Å². The Balaban J connectivity index is 2.58. The second-order valence-corrected chi connectivity index (χ2v) is 4.81. The first kappa shape index (κ1) is 12.5. The maximum atomic E-state index is 9.12. The fourth-order valence-corrected chi connectivity index (χ4v) is 2.49. The molecule has 0 spiro atoms. The number of hydrogen-bond donors (Lipinski definition) is 1. The fraction of sp³-hybridized carbons (Fsp3) is 0.538. The van der Waals surface area contributed by atoms with Crippen LogP contribution in [0, 0.1) is 0 Å². The zero-order valence-corrected chi connectivity index (χ0v) is 10.9. The molecule has 1 aromatic rings. The minimum atomic E-state index is 0.0824. The normalized spacial score (nSPS) is 14.2. The monoisotopic (exact) mass is 256 g/mol. The number of ether oxygens (including phenoxy) is 2. The molecule has 0 saturated carbocycles. The number of aliphatic hydroxyl groups excluding tert-OH is 1. The molecular weight excluding hydrogens is 240 g/mol. The Hall–Kier alpha value is -0.930. The molecule has 1 N–H and O–H groups in total. The van der Waals surface area contributed by atoms with Gasteiger partial charge in [-0.25, -0.2) is 0 Å². The zero-order valence-electron chi connectivity index (χ0n) is 10.1. The quantitative estimate of drug-likeness (QED) is 0.904. The van der Waals surface area contributed by atoms with Gasteiger partial charge in [0.1, 0.15) is 13.2 Å². The van der Waals surface area contributed by atoms with E-state index in [1.807, 2.05) is 0 Å². The largest absolute Gasteiger partial charge is 0.486 e. The van der Waals surface area contributed by atoms with Crippen LogP contribution in [0.1, 0.15) is 30.9 Å². The third-order valence-corrected chi connectivity index (χ3v) is 3.20. The van der Waals surface area contributed by atoms with Gasteiger partial charge < -0.3 is 14.6 Å². The summed E-state index contributed by atoms with van der Waals surface area (Å²) in [6.45, 7) is 5.38. The molecule has 0 saturated heterocycles. The molecule has 2 rings (SSSR count). The van der Waals surface area contributed by atoms with Gasteiger partial charge in [-0.15, -0.1) is 0 Å². The number of aliphatic hydroxyl groups is 1. The van der Waals surface area contributed by atoms with E-state index in [1.54, 1.807) is 6.07 Å². The number of hydrogen-bond acceptors (Lipinski definition) is 3. The van der Waals surface area contributed by atoms with Crippen molar-refractivity contribution in [2.75, 3.05) is 19.8 Å². The molecule has 0 atom stereocenters. The minimum Gasteiger partial charge on any atom is -0.486 e. The lowest BCUT2D eigenvalue weighted by atomic mass is 9.93. The molecule has 0 unspecified atom stereocenters. The van der Waals surface area contributed by atoms with Crippen molar-refractivity contribution in [1.82, 2.24) is 0 Å². The van der Waals surface area contributed by atoms with E-state index >= 15 is 0 Å². The van der Waals surface area contributed by atoms with Crippen LogP contribution in [0.5, 0.6) is 11.5 Å². The van der Waals surface area contributed by atoms with Crippen molar-refractivity contribution in [1.29, 1.82) is 0 Å². The average molecular weight is 257 g/mol. The third kappa shape index (κ3) is 2.35. The molecule has 0 amide bonds. The summed E-state index contributed by atoms with van der Waals surface area (Å²) in [4.78, 5) is 0. The second-order valence-electron chi connectivity index (χ2n) is 4.40. The molecule has 4 heteroatoms. The van der Waals surface area contributed by atoms with E-state index in [2.05, 4.69) is 13.8 Å². The van der Waals surface area contributed by atoms with Gasteiger partial charge >= 0.3 is 0 Å². The van der Waals surface area contributed by atoms with E-state index < -0.39 is 0 Å². The molecule has 94 valence electrons. The topological polar surface area (TPSA) is 38.7 Å². The maximum Gasteiger partial charge on any atom is 0.165 e. The standard InChI is InChI=1S/C13H17ClO3/c1-8(2)12-9(3-4-15)10(14)7-11-13(12)17-6-5-16-11/h7-8,15H,3-6H2,1-2H3. The van der Waals surface area contributed by atoms with E-state index in [-0.39, 0.29) is 12.5 Å². The second kappa shape index (κ2) is 5.15. The first-order valence-corrected chi connectivity index (χ1v) is 6.24. The Bertz CT molecular complexity index is 416. The predicted molar refractivity (Wildman–Crippen MR) is 67.3 cm³/mol. The van der Waals surface area contributed by atoms with Gasteiger partial charge in [0.15, 0.2) is 11.5 Å². The van der Waals surface area contributed by atoms with Crippen LogP contribution in [0.2, 0.25) is 5.02 Å². The van der Waals surface area contributed by atoms with Crippen molar-refractivity contribution < 1.29 is 14.6 Å². The average Bonchev–Trinajstić information content (AvgIpc) is 2.29. The Morgan fingerprint density at radius 2 is 2.06 bits per heavy atom. The highest BCUT2D eigenvalue weighted by atomic mass is 35.5. The Morgan fingerprint density at radius 1 is 1.35 bits per heavy atom. The molecule has 0 fully saturated rings. The summed E-state index contributed by atoms with van der Waals surface area (Å²) in [7, 11) is 0. The Kier molecular flexibility index (Phi) is 3.79. The van der Waals surface area contributed by atoms with E-state index in [0.29, 0.717) is 30.4 Å². The van der Waals surface area contributed by atoms with Gasteiger partial charge in [-0.05, 0) is 17.9 Å². The van der Waals surface area contributed by atoms with Crippen molar-refractivity contribution in [3.63, 3.8) is 0 Å². The Labute approximate surface area is 106 Å². The van der Waals surface area contributed by atoms with Gasteiger partial charge in [-0.1, -0.05) is 25.4 Å². The van der Waals surface area contributed by atoms with Crippen molar-refractivity contribution in [3.8, 4) is 11.5 Å². The maximum absolute atomic E-state index is 9.12. The molecule has 0 aliphatic carbocycles. The molecule has 1 heterocycles. The molecule has 1 aromatic carbocycles. The highest BCUT2D eigenvalue weighted by Gasteiger charge is 2.23. The molecule has 0 aromatic heterocycles. The van der Waals surface area contributed by atoms with E-state index in [1.165, 1.54) is 0 Å². The number of rotatable bonds is 3. The van der Waals surface area contributed by atoms with Crippen LogP contribution in [0.15, 0.2) is 6.07 Å². The Morgan fingerprint density at radius 3 is 2.71 bits per heavy atom. The van der Waals surface area contributed by atoms with E-state index in [4.69, 9.17) is 26.2 Å². The van der Waals surface area contributed by atoms with E-state index in [9.17, 15) is 0 Å². The van der Waals surface area contributed by atoms with Crippen molar-refractivity contribution in [3.05, 3.63) is 22.2 Å². The van der Waals surface area contributed by atoms with Crippen molar-refractivity contribution >= 4 is 11.6 Å². The fourth-order valence-electron chi connectivity index (χ4n) is 2.19. The van der Waals surface area contributed by atoms with Gasteiger partial charge in [0.25, 0.3) is 0 Å². The van der Waals surface area contributed by atoms with Gasteiger partial charge in [0.2, 0.25) is 0 Å². The summed E-state index contributed by atoms with van der Waals surface area (Å²) in [5.41, 5.74) is 2.02. The lowest BCUT2D eigenvalue weighted by Crippen LogP contribution is -2.18. The first-order valence-electron chi connectivity index (χ1n) is 5.87. The number of halogens is 1. The molecule has 1 aliphatic rings. The van der Waals surface area contributed by atoms with Gasteiger partial charge in [0, 0.05) is 23.3 Å². The van der Waals surface area contributed by atoms with Gasteiger partial charge in [-0.2, -0.15) is 0 Å². The number of fused-ring (bicyclic) bond motifs is 1. The summed E-state index contributed by atoms with van der Waals surface area (Å²) in [5, 5.41) is 9.77. The van der Waals surface area contributed by atoms with Crippen LogP contribution in [0.3, 0.4) is 0 Å². The number of benzene rings is 1. The first-order chi connectivity index (χ1) is 8.15. The van der Waals surface area contributed by atoms with Crippen LogP contribution in [-0.2, 0) is 6.42 Å². The molecular formula is C13H17ClO3. The lowest BCUT2D eigenvalue weighted by molar-refractivity contribution is 0.169. The minimum absolute atomic E-state index is 0.0824. The zero-order chi connectivity index (χ0) is 12.4. The van der Waals surface area contributed by atoms with Gasteiger partial charge in [0.05, 0.1) is 0 Å². The van der Waals surface area contributed by atoms with Crippen molar-refractivity contribution in [2.24, 2.45) is 0 Å². The summed E-state index contributed by atoms with van der Waals surface area (Å²) < 4.78 is 11.2. The summed E-state index contributed by atoms with van der Waals surface area (Å²) in [5.74, 6) is 1.79. The van der Waals surface area contributed by atoms with Crippen LogP contribution < -0.4 is 9.47 Å².